The van der Waals surface area contributed by atoms with Crippen LogP contribution in [0.2, 0.25) is 10.0 Å². The number of nitrogens with two attached hydrogens (primary N) is 2. The first-order valence-corrected chi connectivity index (χ1v) is 12.8. The average molecular weight is 595 g/mol. The zero-order valence-corrected chi connectivity index (χ0v) is 23.4. The number of carbonyl (C=O) groups excluding carboxylic acids is 2. The minimum atomic E-state index is -0.936. The molecule has 4 N–H and O–H groups in total. The molecule has 40 heavy (non-hydrogen) atoms. The fraction of sp³-hybridized carbons (Fsp3) is 0.308. The highest BCUT2D eigenvalue weighted by Gasteiger charge is 2.24. The Morgan fingerprint density at radius 2 is 1.15 bits per heavy atom. The van der Waals surface area contributed by atoms with Crippen molar-refractivity contribution in [1.82, 2.24) is 19.6 Å². The van der Waals surface area contributed by atoms with Crippen LogP contribution in [0.3, 0.4) is 0 Å². The van der Waals surface area contributed by atoms with Gasteiger partial charge in [0.25, 0.3) is 0 Å². The zero-order chi connectivity index (χ0) is 29.5. The molecule has 0 bridgehead atoms. The third-order valence-corrected chi connectivity index (χ3v) is 6.93. The second-order valence-electron chi connectivity index (χ2n) is 9.23. The van der Waals surface area contributed by atoms with E-state index in [1.807, 2.05) is 0 Å². The molecule has 10 nitrogen and oxygen atoms in total. The predicted molar refractivity (Wildman–Crippen MR) is 146 cm³/mol. The van der Waals surface area contributed by atoms with Gasteiger partial charge in [0.1, 0.15) is 36.2 Å². The molecule has 0 fully saturated rings. The Kier molecular flexibility index (Phi) is 8.45. The summed E-state index contributed by atoms with van der Waals surface area (Å²) in [7, 11) is 0. The highest BCUT2D eigenvalue weighted by Crippen LogP contribution is 2.29. The first-order chi connectivity index (χ1) is 18.8. The topological polar surface area (TPSA) is 140 Å². The Morgan fingerprint density at radius 1 is 0.800 bits per heavy atom. The number of carbonyl (C=O) groups is 2. The number of esters is 2. The number of halogens is 4. The lowest BCUT2D eigenvalue weighted by molar-refractivity contribution is -0.147. The molecular weight excluding hydrogens is 569 g/mol. The molecule has 2 unspecified atom stereocenters. The molecule has 0 saturated carbocycles. The average Bonchev–Trinajstić information content (AvgIpc) is 3.38. The Bertz CT molecular complexity index is 1530. The fourth-order valence-corrected chi connectivity index (χ4v) is 4.46. The van der Waals surface area contributed by atoms with Crippen molar-refractivity contribution >= 4 is 56.9 Å². The monoisotopic (exact) mass is 594 g/mol. The molecule has 4 rings (SSSR count). The molecule has 0 radical (unpaired) electrons. The highest BCUT2D eigenvalue weighted by molar-refractivity contribution is 6.31. The van der Waals surface area contributed by atoms with E-state index in [2.05, 4.69) is 10.2 Å². The number of aryl methyl sites for hydroxylation is 2. The highest BCUT2D eigenvalue weighted by atomic mass is 35.5. The van der Waals surface area contributed by atoms with Gasteiger partial charge >= 0.3 is 11.9 Å². The number of hydrogen-bond acceptors (Lipinski definition) is 8. The minimum Gasteiger partial charge on any atom is -0.456 e. The molecule has 0 aliphatic carbocycles. The van der Waals surface area contributed by atoms with Crippen LogP contribution in [-0.2, 0) is 19.1 Å². The Morgan fingerprint density at radius 3 is 1.50 bits per heavy atom. The Balaban J connectivity index is 1.38. The van der Waals surface area contributed by atoms with Crippen LogP contribution >= 0.6 is 23.2 Å². The van der Waals surface area contributed by atoms with Gasteiger partial charge in [-0.15, -0.1) is 0 Å². The van der Waals surface area contributed by atoms with Crippen LogP contribution in [0.25, 0.3) is 21.8 Å². The molecule has 4 aromatic rings. The van der Waals surface area contributed by atoms with Crippen molar-refractivity contribution in [3.8, 4) is 0 Å². The summed E-state index contributed by atoms with van der Waals surface area (Å²) in [6.07, 6.45) is -1.87. The molecule has 4 atom stereocenters. The molecule has 0 aliphatic heterocycles. The second-order valence-corrected chi connectivity index (χ2v) is 10.0. The minimum absolute atomic E-state index is 0.102. The Hall–Kier alpha value is -3.58. The van der Waals surface area contributed by atoms with E-state index in [0.717, 1.165) is 12.2 Å². The summed E-state index contributed by atoms with van der Waals surface area (Å²) in [5.74, 6) is -2.91. The first-order valence-electron chi connectivity index (χ1n) is 12.1. The maximum atomic E-state index is 13.9. The van der Waals surface area contributed by atoms with Gasteiger partial charge in [0.15, 0.2) is 0 Å². The quantitative estimate of drug-likeness (QED) is 0.222. The van der Waals surface area contributed by atoms with E-state index in [1.165, 1.54) is 47.5 Å². The predicted octanol–water partition coefficient (Wildman–Crippen LogP) is 4.62. The molecule has 0 saturated heterocycles. The largest absolute Gasteiger partial charge is 0.456 e. The number of hydrogen-bond donors (Lipinski definition) is 2. The Labute approximate surface area is 237 Å². The van der Waals surface area contributed by atoms with E-state index >= 15 is 0 Å². The first kappa shape index (κ1) is 29.4. The molecule has 0 spiro atoms. The van der Waals surface area contributed by atoms with Crippen LogP contribution in [-0.4, -0.2) is 43.7 Å². The molecule has 2 heterocycles. The number of rotatable bonds is 8. The third-order valence-electron chi connectivity index (χ3n) is 6.35. The summed E-state index contributed by atoms with van der Waals surface area (Å²) in [4.78, 5) is 24.7. The molecule has 212 valence electrons. The van der Waals surface area contributed by atoms with Crippen LogP contribution < -0.4 is 11.5 Å². The summed E-state index contributed by atoms with van der Waals surface area (Å²) >= 11 is 11.8. The van der Waals surface area contributed by atoms with Crippen LogP contribution in [0.15, 0.2) is 36.4 Å². The van der Waals surface area contributed by atoms with Gasteiger partial charge in [-0.3, -0.25) is 0 Å². The van der Waals surface area contributed by atoms with Gasteiger partial charge in [0.2, 0.25) is 0 Å². The number of benzene rings is 2. The van der Waals surface area contributed by atoms with Gasteiger partial charge in [-0.25, -0.2) is 27.7 Å². The van der Waals surface area contributed by atoms with Crippen molar-refractivity contribution in [1.29, 1.82) is 0 Å². The smallest absolute Gasteiger partial charge is 0.331 e. The summed E-state index contributed by atoms with van der Waals surface area (Å²) in [6, 6.07) is 5.30. The van der Waals surface area contributed by atoms with Crippen LogP contribution in [0.4, 0.5) is 8.78 Å². The standard InChI is InChI=1S/C26H26Cl2F2N6O4/c1-11-15-7-19(29)17(27)9-21(15)35(33-11)25(31)13(3)39-23(37)5-6-24(38)40-14(4)26(32)36-22-10-18(28)20(30)8-16(22)12(2)34-36/h5-10,13-14,25-26H,31-32H2,1-4H3/b6-5+/t13?,14?,25-,26-/m0/s1. The second kappa shape index (κ2) is 11.5. The number of fused-ring (bicyclic) bond motifs is 2. The number of nitrogens with zero attached hydrogens (tertiary/aromatic N) is 4. The summed E-state index contributed by atoms with van der Waals surface area (Å²) in [5.41, 5.74) is 14.5. The van der Waals surface area contributed by atoms with E-state index in [9.17, 15) is 18.4 Å². The van der Waals surface area contributed by atoms with Gasteiger partial charge in [-0.05, 0) is 52.0 Å². The van der Waals surface area contributed by atoms with Crippen molar-refractivity contribution in [3.05, 3.63) is 69.5 Å². The maximum Gasteiger partial charge on any atom is 0.331 e. The van der Waals surface area contributed by atoms with Crippen molar-refractivity contribution < 1.29 is 27.8 Å². The van der Waals surface area contributed by atoms with Crippen LogP contribution in [0.1, 0.15) is 37.6 Å². The molecule has 14 heteroatoms. The van der Waals surface area contributed by atoms with E-state index < -0.39 is 48.1 Å². The lowest BCUT2D eigenvalue weighted by atomic mass is 10.2. The summed E-state index contributed by atoms with van der Waals surface area (Å²) in [5, 5.41) is 9.45. The van der Waals surface area contributed by atoms with Crippen molar-refractivity contribution in [3.63, 3.8) is 0 Å². The van der Waals surface area contributed by atoms with Crippen LogP contribution in [0, 0.1) is 25.5 Å². The van der Waals surface area contributed by atoms with Crippen molar-refractivity contribution in [2.45, 2.75) is 52.2 Å². The van der Waals surface area contributed by atoms with Gasteiger partial charge in [0.05, 0.1) is 32.5 Å². The van der Waals surface area contributed by atoms with E-state index in [1.54, 1.807) is 13.8 Å². The molecule has 2 aromatic heterocycles. The zero-order valence-electron chi connectivity index (χ0n) is 21.9. The number of aromatic nitrogens is 4. The van der Waals surface area contributed by atoms with Gasteiger partial charge < -0.3 is 20.9 Å². The molecule has 0 aliphatic rings. The van der Waals surface area contributed by atoms with E-state index in [0.29, 0.717) is 33.2 Å². The molecule has 2 aromatic carbocycles. The van der Waals surface area contributed by atoms with Crippen molar-refractivity contribution in [2.24, 2.45) is 11.5 Å². The fourth-order valence-electron chi connectivity index (χ4n) is 4.14. The van der Waals surface area contributed by atoms with E-state index in [-0.39, 0.29) is 10.0 Å². The summed E-state index contributed by atoms with van der Waals surface area (Å²) in [6.45, 7) is 6.44. The normalized spacial score (nSPS) is 14.9. The van der Waals surface area contributed by atoms with Gasteiger partial charge in [-0.2, -0.15) is 10.2 Å². The lowest BCUT2D eigenvalue weighted by Gasteiger charge is -2.21. The SMILES string of the molecule is Cc1nn([C@H](N)C(C)OC(=O)/C=C/C(=O)OC(C)[C@@H](N)n2nc(C)c3cc(F)c(Cl)cc32)c2cc(Cl)c(F)cc12. The van der Waals surface area contributed by atoms with Gasteiger partial charge in [0, 0.05) is 22.9 Å². The van der Waals surface area contributed by atoms with E-state index in [4.69, 9.17) is 44.1 Å². The number of ether oxygens (including phenoxy) is 2. The lowest BCUT2D eigenvalue weighted by Crippen LogP contribution is -2.34. The maximum absolute atomic E-state index is 13.9. The molecule has 0 amide bonds. The van der Waals surface area contributed by atoms with Crippen molar-refractivity contribution in [2.75, 3.05) is 0 Å². The molecular formula is C26H26Cl2F2N6O4. The third kappa shape index (κ3) is 5.80. The van der Waals surface area contributed by atoms with Gasteiger partial charge in [-0.1, -0.05) is 23.2 Å². The van der Waals surface area contributed by atoms with Crippen LogP contribution in [0.5, 0.6) is 0 Å². The summed E-state index contributed by atoms with van der Waals surface area (Å²) < 4.78 is 41.2.